The molecule has 1 fully saturated rings. The molecule has 0 aliphatic carbocycles. The third kappa shape index (κ3) is 2.88. The minimum absolute atomic E-state index is 0.135. The lowest BCUT2D eigenvalue weighted by Crippen LogP contribution is -2.42. The summed E-state index contributed by atoms with van der Waals surface area (Å²) in [4.78, 5) is 18.7. The van der Waals surface area contributed by atoms with Crippen LogP contribution >= 0.6 is 0 Å². The van der Waals surface area contributed by atoms with E-state index in [-0.39, 0.29) is 5.91 Å². The fourth-order valence-corrected chi connectivity index (χ4v) is 2.44. The fourth-order valence-electron chi connectivity index (χ4n) is 2.44. The molecule has 1 aromatic rings. The summed E-state index contributed by atoms with van der Waals surface area (Å²) in [6.07, 6.45) is 3.75. The quantitative estimate of drug-likeness (QED) is 0.879. The van der Waals surface area contributed by atoms with Crippen LogP contribution in [-0.2, 0) is 0 Å². The molecule has 0 spiro atoms. The van der Waals surface area contributed by atoms with Crippen molar-refractivity contribution in [2.75, 3.05) is 19.6 Å². The zero-order chi connectivity index (χ0) is 13.0. The first kappa shape index (κ1) is 13.0. The molecule has 98 valence electrons. The number of nitrogens with one attached hydrogen (secondary N) is 1. The molecular formula is C14H21N3O. The summed E-state index contributed by atoms with van der Waals surface area (Å²) in [5, 5.41) is 3.32. The van der Waals surface area contributed by atoms with Gasteiger partial charge in [-0.05, 0) is 38.4 Å². The topological polar surface area (TPSA) is 45.2 Å². The monoisotopic (exact) mass is 247 g/mol. The van der Waals surface area contributed by atoms with Crippen molar-refractivity contribution in [1.82, 2.24) is 15.2 Å². The smallest absolute Gasteiger partial charge is 0.254 e. The first-order valence-electron chi connectivity index (χ1n) is 6.66. The Labute approximate surface area is 108 Å². The predicted octanol–water partition coefficient (Wildman–Crippen LogP) is 1.60. The van der Waals surface area contributed by atoms with E-state index in [1.54, 1.807) is 12.3 Å². The van der Waals surface area contributed by atoms with Gasteiger partial charge < -0.3 is 10.2 Å². The van der Waals surface area contributed by atoms with Crippen molar-refractivity contribution < 1.29 is 4.79 Å². The summed E-state index contributed by atoms with van der Waals surface area (Å²) >= 11 is 0. The molecule has 18 heavy (non-hydrogen) atoms. The van der Waals surface area contributed by atoms with Gasteiger partial charge in [-0.1, -0.05) is 6.92 Å². The second kappa shape index (κ2) is 5.96. The number of rotatable bonds is 4. The molecule has 1 unspecified atom stereocenters. The third-order valence-electron chi connectivity index (χ3n) is 3.34. The lowest BCUT2D eigenvalue weighted by Gasteiger charge is -2.28. The molecule has 0 aromatic carbocycles. The third-order valence-corrected chi connectivity index (χ3v) is 3.34. The molecule has 4 nitrogen and oxygen atoms in total. The summed E-state index contributed by atoms with van der Waals surface area (Å²) < 4.78 is 0. The highest BCUT2D eigenvalue weighted by Crippen LogP contribution is 2.14. The molecule has 1 aliphatic heterocycles. The standard InChI is InChI=1S/C14H21N3O/c1-3-8-17(13-5-6-15-10-13)14(18)12-4-7-16-11(2)9-12/h4,7,9,13,15H,3,5-6,8,10H2,1-2H3. The molecular weight excluding hydrogens is 226 g/mol. The number of hydrogen-bond acceptors (Lipinski definition) is 3. The molecule has 0 radical (unpaired) electrons. The number of pyridine rings is 1. The van der Waals surface area contributed by atoms with Gasteiger partial charge in [0.15, 0.2) is 0 Å². The molecule has 1 aliphatic rings. The summed E-state index contributed by atoms with van der Waals surface area (Å²) in [6.45, 7) is 6.77. The van der Waals surface area contributed by atoms with Crippen molar-refractivity contribution in [2.24, 2.45) is 0 Å². The van der Waals surface area contributed by atoms with Gasteiger partial charge in [0, 0.05) is 36.6 Å². The second-order valence-corrected chi connectivity index (χ2v) is 4.83. The van der Waals surface area contributed by atoms with E-state index in [4.69, 9.17) is 0 Å². The lowest BCUT2D eigenvalue weighted by molar-refractivity contribution is 0.0692. The Morgan fingerprint density at radius 1 is 1.61 bits per heavy atom. The van der Waals surface area contributed by atoms with Gasteiger partial charge in [-0.15, -0.1) is 0 Å². The maximum atomic E-state index is 12.5. The Morgan fingerprint density at radius 3 is 3.06 bits per heavy atom. The molecule has 1 atom stereocenters. The Bertz CT molecular complexity index is 413. The van der Waals surface area contributed by atoms with E-state index in [0.717, 1.165) is 43.7 Å². The van der Waals surface area contributed by atoms with Gasteiger partial charge in [-0.25, -0.2) is 0 Å². The number of nitrogens with zero attached hydrogens (tertiary/aromatic N) is 2. The molecule has 1 saturated heterocycles. The maximum Gasteiger partial charge on any atom is 0.254 e. The van der Waals surface area contributed by atoms with E-state index in [0.29, 0.717) is 6.04 Å². The highest BCUT2D eigenvalue weighted by Gasteiger charge is 2.26. The molecule has 2 heterocycles. The molecule has 1 N–H and O–H groups in total. The van der Waals surface area contributed by atoms with Crippen LogP contribution in [0.1, 0.15) is 35.8 Å². The van der Waals surface area contributed by atoms with Crippen LogP contribution in [-0.4, -0.2) is 41.5 Å². The van der Waals surface area contributed by atoms with E-state index in [1.165, 1.54) is 0 Å². The van der Waals surface area contributed by atoms with Crippen LogP contribution in [0.15, 0.2) is 18.3 Å². The highest BCUT2D eigenvalue weighted by atomic mass is 16.2. The number of carbonyl (C=O) groups is 1. The Morgan fingerprint density at radius 2 is 2.44 bits per heavy atom. The van der Waals surface area contributed by atoms with Gasteiger partial charge in [-0.2, -0.15) is 0 Å². The summed E-state index contributed by atoms with van der Waals surface area (Å²) in [5.41, 5.74) is 1.64. The van der Waals surface area contributed by atoms with Crippen LogP contribution < -0.4 is 5.32 Å². The molecule has 0 saturated carbocycles. The van der Waals surface area contributed by atoms with Crippen LogP contribution in [0.3, 0.4) is 0 Å². The van der Waals surface area contributed by atoms with Crippen molar-refractivity contribution in [3.63, 3.8) is 0 Å². The molecule has 1 amide bonds. The summed E-state index contributed by atoms with van der Waals surface area (Å²) in [7, 11) is 0. The normalized spacial score (nSPS) is 18.9. The van der Waals surface area contributed by atoms with E-state index in [9.17, 15) is 4.79 Å². The molecule has 4 heteroatoms. The van der Waals surface area contributed by atoms with Crippen LogP contribution in [0.25, 0.3) is 0 Å². The van der Waals surface area contributed by atoms with Crippen molar-refractivity contribution in [3.8, 4) is 0 Å². The summed E-state index contributed by atoms with van der Waals surface area (Å²) in [5.74, 6) is 0.135. The van der Waals surface area contributed by atoms with E-state index < -0.39 is 0 Å². The van der Waals surface area contributed by atoms with Gasteiger partial charge in [0.1, 0.15) is 0 Å². The zero-order valence-corrected chi connectivity index (χ0v) is 11.1. The van der Waals surface area contributed by atoms with E-state index >= 15 is 0 Å². The number of carbonyl (C=O) groups excluding carboxylic acids is 1. The Hall–Kier alpha value is -1.42. The van der Waals surface area contributed by atoms with Crippen LogP contribution in [0.2, 0.25) is 0 Å². The van der Waals surface area contributed by atoms with Gasteiger partial charge in [0.25, 0.3) is 5.91 Å². The number of hydrogen-bond donors (Lipinski definition) is 1. The highest BCUT2D eigenvalue weighted by molar-refractivity contribution is 5.94. The Kier molecular flexibility index (Phi) is 4.31. The van der Waals surface area contributed by atoms with Crippen LogP contribution in [0, 0.1) is 6.92 Å². The van der Waals surface area contributed by atoms with Gasteiger partial charge in [0.2, 0.25) is 0 Å². The first-order chi connectivity index (χ1) is 8.72. The first-order valence-corrected chi connectivity index (χ1v) is 6.66. The van der Waals surface area contributed by atoms with Gasteiger partial charge in [-0.3, -0.25) is 9.78 Å². The van der Waals surface area contributed by atoms with Crippen LogP contribution in [0.4, 0.5) is 0 Å². The zero-order valence-electron chi connectivity index (χ0n) is 11.1. The fraction of sp³-hybridized carbons (Fsp3) is 0.571. The SMILES string of the molecule is CCCN(C(=O)c1ccnc(C)c1)C1CCNC1. The van der Waals surface area contributed by atoms with Crippen molar-refractivity contribution in [3.05, 3.63) is 29.6 Å². The lowest BCUT2D eigenvalue weighted by atomic mass is 10.1. The largest absolute Gasteiger partial charge is 0.334 e. The number of aromatic nitrogens is 1. The van der Waals surface area contributed by atoms with Gasteiger partial charge >= 0.3 is 0 Å². The average Bonchev–Trinajstić information content (AvgIpc) is 2.89. The predicted molar refractivity (Wildman–Crippen MR) is 71.6 cm³/mol. The second-order valence-electron chi connectivity index (χ2n) is 4.83. The number of aryl methyl sites for hydroxylation is 1. The maximum absolute atomic E-state index is 12.5. The molecule has 0 bridgehead atoms. The van der Waals surface area contributed by atoms with Crippen molar-refractivity contribution >= 4 is 5.91 Å². The van der Waals surface area contributed by atoms with Crippen molar-refractivity contribution in [1.29, 1.82) is 0 Å². The van der Waals surface area contributed by atoms with Crippen LogP contribution in [0.5, 0.6) is 0 Å². The Balaban J connectivity index is 2.17. The van der Waals surface area contributed by atoms with Crippen molar-refractivity contribution in [2.45, 2.75) is 32.7 Å². The minimum atomic E-state index is 0.135. The average molecular weight is 247 g/mol. The van der Waals surface area contributed by atoms with Gasteiger partial charge in [0.05, 0.1) is 0 Å². The summed E-state index contributed by atoms with van der Waals surface area (Å²) in [6, 6.07) is 4.01. The van der Waals surface area contributed by atoms with E-state index in [2.05, 4.69) is 17.2 Å². The molecule has 2 rings (SSSR count). The minimum Gasteiger partial charge on any atom is -0.334 e. The van der Waals surface area contributed by atoms with E-state index in [1.807, 2.05) is 17.9 Å². The number of amides is 1. The molecule has 1 aromatic heterocycles.